The first kappa shape index (κ1) is 16.6. The van der Waals surface area contributed by atoms with Crippen LogP contribution in [0.4, 0.5) is 23.0 Å². The van der Waals surface area contributed by atoms with E-state index in [1.165, 1.54) is 0 Å². The number of nitrogens with two attached hydrogens (primary N) is 1. The first-order valence-corrected chi connectivity index (χ1v) is 8.55. The Hall–Kier alpha value is -2.91. The quantitative estimate of drug-likeness (QED) is 0.676. The molecule has 26 heavy (non-hydrogen) atoms. The van der Waals surface area contributed by atoms with Gasteiger partial charge in [0.1, 0.15) is 17.8 Å². The van der Waals surface area contributed by atoms with Gasteiger partial charge in [-0.05, 0) is 52.8 Å². The summed E-state index contributed by atoms with van der Waals surface area (Å²) in [5.41, 5.74) is 7.87. The van der Waals surface area contributed by atoms with Gasteiger partial charge in [0.05, 0.1) is 7.11 Å². The van der Waals surface area contributed by atoms with Crippen LogP contribution in [0.1, 0.15) is 0 Å². The van der Waals surface area contributed by atoms with Gasteiger partial charge in [0.25, 0.3) is 0 Å². The number of aromatic nitrogens is 2. The number of halogens is 1. The zero-order chi connectivity index (χ0) is 18.3. The Bertz CT molecular complexity index is 958. The van der Waals surface area contributed by atoms with Gasteiger partial charge in [0, 0.05) is 15.8 Å². The number of hydrogen-bond acceptors (Lipinski definition) is 7. The first-order valence-electron chi connectivity index (χ1n) is 7.75. The minimum absolute atomic E-state index is 0.151. The van der Waals surface area contributed by atoms with E-state index in [0.29, 0.717) is 11.6 Å². The number of anilines is 4. The van der Waals surface area contributed by atoms with Crippen LogP contribution in [-0.2, 0) is 0 Å². The molecule has 9 heteroatoms. The van der Waals surface area contributed by atoms with Crippen molar-refractivity contribution >= 4 is 44.8 Å². The minimum atomic E-state index is -0.759. The van der Waals surface area contributed by atoms with Crippen molar-refractivity contribution in [3.63, 3.8) is 0 Å². The van der Waals surface area contributed by atoms with Crippen LogP contribution in [0.3, 0.4) is 0 Å². The number of benzene rings is 2. The molecule has 3 aromatic rings. The van der Waals surface area contributed by atoms with Crippen LogP contribution >= 0.6 is 15.9 Å². The predicted octanol–water partition coefficient (Wildman–Crippen LogP) is 3.39. The number of hydrogen-bond donors (Lipinski definition) is 2. The number of amidine groups is 1. The fourth-order valence-electron chi connectivity index (χ4n) is 2.87. The van der Waals surface area contributed by atoms with E-state index in [1.807, 2.05) is 48.5 Å². The SMILES string of the molecule is COc1ccc(N2C(=N)C(N)N(c3cccc(Br)c3)c3nonc32)cc1. The van der Waals surface area contributed by atoms with Gasteiger partial charge < -0.3 is 10.5 Å². The molecule has 2 heterocycles. The molecule has 0 fully saturated rings. The summed E-state index contributed by atoms with van der Waals surface area (Å²) in [6.07, 6.45) is -0.759. The summed E-state index contributed by atoms with van der Waals surface area (Å²) < 4.78 is 11.1. The van der Waals surface area contributed by atoms with Crippen molar-refractivity contribution in [3.05, 3.63) is 53.0 Å². The Morgan fingerprint density at radius 1 is 1.12 bits per heavy atom. The van der Waals surface area contributed by atoms with Crippen LogP contribution in [0.2, 0.25) is 0 Å². The molecule has 132 valence electrons. The highest BCUT2D eigenvalue weighted by Crippen LogP contribution is 2.41. The van der Waals surface area contributed by atoms with Crippen LogP contribution in [0.15, 0.2) is 57.6 Å². The smallest absolute Gasteiger partial charge is 0.228 e. The highest BCUT2D eigenvalue weighted by molar-refractivity contribution is 9.10. The summed E-state index contributed by atoms with van der Waals surface area (Å²) in [6.45, 7) is 0. The molecule has 3 N–H and O–H groups in total. The molecule has 0 spiro atoms. The zero-order valence-electron chi connectivity index (χ0n) is 13.8. The molecule has 1 aromatic heterocycles. The van der Waals surface area contributed by atoms with Crippen molar-refractivity contribution < 1.29 is 9.37 Å². The second kappa shape index (κ2) is 6.43. The van der Waals surface area contributed by atoms with E-state index in [-0.39, 0.29) is 5.84 Å². The molecule has 0 saturated heterocycles. The van der Waals surface area contributed by atoms with Crippen LogP contribution in [-0.4, -0.2) is 29.4 Å². The molecule has 1 aliphatic rings. The molecule has 0 aliphatic carbocycles. The third-order valence-corrected chi connectivity index (χ3v) is 4.60. The average molecular weight is 415 g/mol. The second-order valence-corrected chi connectivity index (χ2v) is 6.54. The standard InChI is InChI=1S/C17H15BrN6O2/c1-25-13-7-5-11(6-8-13)23-14(19)15(20)24(17-16(23)21-26-22-17)12-4-2-3-10(18)9-12/h2-9,15,19H,20H2,1H3. The fraction of sp³-hybridized carbons (Fsp3) is 0.118. The maximum atomic E-state index is 8.60. The second-order valence-electron chi connectivity index (χ2n) is 5.62. The maximum Gasteiger partial charge on any atom is 0.228 e. The van der Waals surface area contributed by atoms with Crippen LogP contribution < -0.4 is 20.3 Å². The molecular formula is C17H15BrN6O2. The Kier molecular flexibility index (Phi) is 4.09. The number of fused-ring (bicyclic) bond motifs is 1. The van der Waals surface area contributed by atoms with E-state index in [4.69, 9.17) is 20.5 Å². The van der Waals surface area contributed by atoms with Gasteiger partial charge in [-0.1, -0.05) is 22.0 Å². The minimum Gasteiger partial charge on any atom is -0.497 e. The molecule has 0 radical (unpaired) electrons. The van der Waals surface area contributed by atoms with Gasteiger partial charge in [0.2, 0.25) is 11.6 Å². The summed E-state index contributed by atoms with van der Waals surface area (Å²) in [5.74, 6) is 1.72. The zero-order valence-corrected chi connectivity index (χ0v) is 15.3. The molecule has 1 aliphatic heterocycles. The van der Waals surface area contributed by atoms with Crippen molar-refractivity contribution in [2.45, 2.75) is 6.17 Å². The van der Waals surface area contributed by atoms with Crippen molar-refractivity contribution in [2.75, 3.05) is 16.9 Å². The summed E-state index contributed by atoms with van der Waals surface area (Å²) in [7, 11) is 1.60. The number of methoxy groups -OCH3 is 1. The van der Waals surface area contributed by atoms with Crippen molar-refractivity contribution in [1.29, 1.82) is 5.41 Å². The largest absolute Gasteiger partial charge is 0.497 e. The molecular weight excluding hydrogens is 400 g/mol. The monoisotopic (exact) mass is 414 g/mol. The molecule has 4 rings (SSSR count). The van der Waals surface area contributed by atoms with E-state index >= 15 is 0 Å². The topological polar surface area (TPSA) is 104 Å². The van der Waals surface area contributed by atoms with Crippen molar-refractivity contribution in [2.24, 2.45) is 5.73 Å². The van der Waals surface area contributed by atoms with E-state index < -0.39 is 6.17 Å². The third-order valence-electron chi connectivity index (χ3n) is 4.11. The first-order chi connectivity index (χ1) is 12.6. The van der Waals surface area contributed by atoms with Gasteiger partial charge in [-0.2, -0.15) is 0 Å². The van der Waals surface area contributed by atoms with Crippen LogP contribution in [0, 0.1) is 5.41 Å². The molecule has 0 amide bonds. The number of ether oxygens (including phenoxy) is 1. The van der Waals surface area contributed by atoms with Gasteiger partial charge >= 0.3 is 0 Å². The lowest BCUT2D eigenvalue weighted by atomic mass is 10.1. The molecule has 8 nitrogen and oxygen atoms in total. The Morgan fingerprint density at radius 3 is 2.54 bits per heavy atom. The highest BCUT2D eigenvalue weighted by Gasteiger charge is 2.39. The lowest BCUT2D eigenvalue weighted by molar-refractivity contribution is 0.309. The molecule has 0 bridgehead atoms. The van der Waals surface area contributed by atoms with E-state index in [2.05, 4.69) is 26.2 Å². The van der Waals surface area contributed by atoms with Gasteiger partial charge in [-0.25, -0.2) is 4.63 Å². The van der Waals surface area contributed by atoms with Crippen molar-refractivity contribution in [3.8, 4) is 5.75 Å². The number of rotatable bonds is 3. The number of nitrogens with zero attached hydrogens (tertiary/aromatic N) is 4. The maximum absolute atomic E-state index is 8.60. The van der Waals surface area contributed by atoms with Crippen molar-refractivity contribution in [1.82, 2.24) is 10.3 Å². The molecule has 0 saturated carbocycles. The predicted molar refractivity (Wildman–Crippen MR) is 101 cm³/mol. The Morgan fingerprint density at radius 2 is 1.85 bits per heavy atom. The van der Waals surface area contributed by atoms with Crippen LogP contribution in [0.5, 0.6) is 5.75 Å². The summed E-state index contributed by atoms with van der Waals surface area (Å²) in [6, 6.07) is 14.9. The summed E-state index contributed by atoms with van der Waals surface area (Å²) in [5, 5.41) is 16.6. The lowest BCUT2D eigenvalue weighted by Gasteiger charge is -2.38. The Labute approximate surface area is 157 Å². The average Bonchev–Trinajstić information content (AvgIpc) is 3.12. The Balaban J connectivity index is 1.81. The fourth-order valence-corrected chi connectivity index (χ4v) is 3.26. The lowest BCUT2D eigenvalue weighted by Crippen LogP contribution is -2.54. The van der Waals surface area contributed by atoms with Gasteiger partial charge in [-0.15, -0.1) is 0 Å². The van der Waals surface area contributed by atoms with E-state index in [1.54, 1.807) is 16.9 Å². The molecule has 1 unspecified atom stereocenters. The third kappa shape index (κ3) is 2.61. The van der Waals surface area contributed by atoms with E-state index in [9.17, 15) is 0 Å². The highest BCUT2D eigenvalue weighted by atomic mass is 79.9. The van der Waals surface area contributed by atoms with E-state index in [0.717, 1.165) is 21.6 Å². The molecule has 2 aromatic carbocycles. The summed E-state index contributed by atoms with van der Waals surface area (Å²) in [4.78, 5) is 3.34. The van der Waals surface area contributed by atoms with Gasteiger partial charge in [0.15, 0.2) is 0 Å². The summed E-state index contributed by atoms with van der Waals surface area (Å²) >= 11 is 3.45. The van der Waals surface area contributed by atoms with Crippen LogP contribution in [0.25, 0.3) is 0 Å². The molecule has 1 atom stereocenters. The number of nitrogens with one attached hydrogen (secondary N) is 1. The van der Waals surface area contributed by atoms with Gasteiger partial charge in [-0.3, -0.25) is 15.2 Å². The normalized spacial score (nSPS) is 16.6.